The third-order valence-electron chi connectivity index (χ3n) is 5.31. The molecular formula is C22H17F5N4O2S. The van der Waals surface area contributed by atoms with Crippen LogP contribution in [0.5, 0.6) is 0 Å². The second-order valence-electron chi connectivity index (χ2n) is 7.47. The largest absolute Gasteiger partial charge is 0.360 e. The number of halogens is 5. The third-order valence-corrected chi connectivity index (χ3v) is 5.67. The lowest BCUT2D eigenvalue weighted by molar-refractivity contribution is 0.0944. The van der Waals surface area contributed by atoms with E-state index in [1.54, 1.807) is 0 Å². The van der Waals surface area contributed by atoms with Gasteiger partial charge in [0.2, 0.25) is 5.82 Å². The van der Waals surface area contributed by atoms with Crippen LogP contribution >= 0.6 is 12.2 Å². The van der Waals surface area contributed by atoms with E-state index in [2.05, 4.69) is 15.8 Å². The van der Waals surface area contributed by atoms with Gasteiger partial charge in [0.05, 0.1) is 6.54 Å². The molecule has 1 amide bonds. The Morgan fingerprint density at radius 1 is 1.03 bits per heavy atom. The molecule has 0 fully saturated rings. The highest BCUT2D eigenvalue weighted by atomic mass is 32.1. The lowest BCUT2D eigenvalue weighted by atomic mass is 10.1. The molecule has 0 bridgehead atoms. The summed E-state index contributed by atoms with van der Waals surface area (Å²) in [5.74, 6) is -10.5. The van der Waals surface area contributed by atoms with Gasteiger partial charge in [-0.15, -0.1) is 0 Å². The maximum absolute atomic E-state index is 14.0. The average molecular weight is 496 g/mol. The van der Waals surface area contributed by atoms with Crippen LogP contribution in [0, 0.1) is 29.1 Å². The van der Waals surface area contributed by atoms with E-state index in [1.807, 2.05) is 30.3 Å². The highest BCUT2D eigenvalue weighted by molar-refractivity contribution is 7.80. The van der Waals surface area contributed by atoms with E-state index in [9.17, 15) is 26.7 Å². The van der Waals surface area contributed by atoms with Crippen LogP contribution in [0.2, 0.25) is 0 Å². The highest BCUT2D eigenvalue weighted by Gasteiger charge is 2.31. The monoisotopic (exact) mass is 496 g/mol. The molecule has 178 valence electrons. The molecule has 2 N–H and O–H groups in total. The first-order chi connectivity index (χ1) is 16.3. The van der Waals surface area contributed by atoms with Crippen molar-refractivity contribution in [1.82, 2.24) is 15.4 Å². The third kappa shape index (κ3) is 4.58. The molecule has 0 aliphatic carbocycles. The molecule has 0 atom stereocenters. The predicted octanol–water partition coefficient (Wildman–Crippen LogP) is 4.10. The first kappa shape index (κ1) is 23.6. The smallest absolute Gasteiger partial charge is 0.273 e. The molecule has 0 saturated heterocycles. The molecule has 1 aliphatic heterocycles. The van der Waals surface area contributed by atoms with Crippen molar-refractivity contribution in [1.29, 1.82) is 0 Å². The molecular weight excluding hydrogens is 479 g/mol. The minimum atomic E-state index is -2.26. The summed E-state index contributed by atoms with van der Waals surface area (Å²) in [6.07, 6.45) is 0.868. The summed E-state index contributed by atoms with van der Waals surface area (Å²) in [6.45, 7) is 0.550. The molecule has 0 unspecified atom stereocenters. The predicted molar refractivity (Wildman–Crippen MR) is 116 cm³/mol. The van der Waals surface area contributed by atoms with Gasteiger partial charge in [-0.2, -0.15) is 0 Å². The number of rotatable bonds is 5. The molecule has 0 radical (unpaired) electrons. The zero-order valence-corrected chi connectivity index (χ0v) is 18.2. The number of thiocarbonyl (C=S) groups is 1. The van der Waals surface area contributed by atoms with Gasteiger partial charge in [0.15, 0.2) is 34.1 Å². The van der Waals surface area contributed by atoms with Crippen LogP contribution in [-0.2, 0) is 19.4 Å². The number of carbonyl (C=O) groups excluding carboxylic acids is 1. The summed E-state index contributed by atoms with van der Waals surface area (Å²) in [5.41, 5.74) is 0.244. The number of fused-ring (bicyclic) bond motifs is 1. The van der Waals surface area contributed by atoms with Gasteiger partial charge in [0.1, 0.15) is 11.4 Å². The normalized spacial score (nSPS) is 12.9. The Morgan fingerprint density at radius 2 is 1.68 bits per heavy atom. The molecule has 2 aromatic carbocycles. The van der Waals surface area contributed by atoms with Crippen LogP contribution < -0.4 is 10.6 Å². The molecule has 34 heavy (non-hydrogen) atoms. The molecule has 4 rings (SSSR count). The lowest BCUT2D eigenvalue weighted by Crippen LogP contribution is -2.39. The van der Waals surface area contributed by atoms with E-state index in [-0.39, 0.29) is 30.3 Å². The summed E-state index contributed by atoms with van der Waals surface area (Å²) in [7, 11) is 0. The van der Waals surface area contributed by atoms with Gasteiger partial charge in [-0.1, -0.05) is 35.5 Å². The Hall–Kier alpha value is -3.54. The van der Waals surface area contributed by atoms with Gasteiger partial charge in [0, 0.05) is 25.1 Å². The van der Waals surface area contributed by atoms with Crippen molar-refractivity contribution in [2.24, 2.45) is 0 Å². The molecule has 6 nitrogen and oxygen atoms in total. The van der Waals surface area contributed by atoms with Crippen LogP contribution in [0.25, 0.3) is 0 Å². The first-order valence-corrected chi connectivity index (χ1v) is 10.6. The number of aromatic nitrogens is 1. The average Bonchev–Trinajstić information content (AvgIpc) is 3.28. The first-order valence-electron chi connectivity index (χ1n) is 10.1. The maximum Gasteiger partial charge on any atom is 0.273 e. The van der Waals surface area contributed by atoms with E-state index in [1.165, 1.54) is 4.90 Å². The van der Waals surface area contributed by atoms with Crippen molar-refractivity contribution in [3.8, 4) is 0 Å². The van der Waals surface area contributed by atoms with Crippen molar-refractivity contribution in [3.05, 3.63) is 82.0 Å². The Kier molecular flexibility index (Phi) is 6.77. The van der Waals surface area contributed by atoms with Crippen LogP contribution in [0.4, 0.5) is 27.6 Å². The Bertz CT molecular complexity index is 1220. The molecule has 0 spiro atoms. The van der Waals surface area contributed by atoms with Crippen molar-refractivity contribution < 1.29 is 31.3 Å². The van der Waals surface area contributed by atoms with E-state index < -0.39 is 40.7 Å². The summed E-state index contributed by atoms with van der Waals surface area (Å²) in [6, 6.07) is 9.54. The van der Waals surface area contributed by atoms with Gasteiger partial charge in [-0.05, 0) is 24.2 Å². The van der Waals surface area contributed by atoms with Gasteiger partial charge < -0.3 is 20.1 Å². The summed E-state index contributed by atoms with van der Waals surface area (Å²) in [4.78, 5) is 14.0. The number of nitrogens with zero attached hydrogens (tertiary/aromatic N) is 2. The second kappa shape index (κ2) is 9.75. The van der Waals surface area contributed by atoms with Crippen LogP contribution in [-0.4, -0.2) is 34.2 Å². The fourth-order valence-corrected chi connectivity index (χ4v) is 3.77. The molecule has 2 heterocycles. The van der Waals surface area contributed by atoms with E-state index >= 15 is 0 Å². The molecule has 12 heteroatoms. The van der Waals surface area contributed by atoms with Gasteiger partial charge in [0.25, 0.3) is 5.91 Å². The lowest BCUT2D eigenvalue weighted by Gasteiger charge is -2.29. The zero-order valence-electron chi connectivity index (χ0n) is 17.4. The van der Waals surface area contributed by atoms with E-state index in [0.717, 1.165) is 5.56 Å². The molecule has 3 aromatic rings. The quantitative estimate of drug-likeness (QED) is 0.240. The van der Waals surface area contributed by atoms with Gasteiger partial charge >= 0.3 is 0 Å². The van der Waals surface area contributed by atoms with Gasteiger partial charge in [-0.3, -0.25) is 4.79 Å². The fraction of sp³-hybridized carbons (Fsp3) is 0.227. The van der Waals surface area contributed by atoms with Crippen molar-refractivity contribution in [2.45, 2.75) is 19.4 Å². The van der Waals surface area contributed by atoms with E-state index in [0.29, 0.717) is 24.3 Å². The summed E-state index contributed by atoms with van der Waals surface area (Å²) >= 11 is 5.12. The second-order valence-corrected chi connectivity index (χ2v) is 7.86. The molecule has 1 aromatic heterocycles. The number of carbonyl (C=O) groups is 1. The van der Waals surface area contributed by atoms with Crippen LogP contribution in [0.15, 0.2) is 34.9 Å². The summed E-state index contributed by atoms with van der Waals surface area (Å²) < 4.78 is 73.5. The van der Waals surface area contributed by atoms with Crippen molar-refractivity contribution in [3.63, 3.8) is 0 Å². The van der Waals surface area contributed by atoms with Gasteiger partial charge in [-0.25, -0.2) is 22.0 Å². The maximum atomic E-state index is 14.0. The zero-order chi connectivity index (χ0) is 24.4. The number of benzene rings is 2. The number of anilines is 1. The molecule has 0 saturated carbocycles. The number of amides is 1. The minimum Gasteiger partial charge on any atom is -0.360 e. The van der Waals surface area contributed by atoms with Crippen LogP contribution in [0.3, 0.4) is 0 Å². The number of hydrogen-bond donors (Lipinski definition) is 2. The standard InChI is InChI=1S/C22H17F5N4O2S/c23-14-15(24)17(26)20(18(27)16(14)25)29-22(34)31-9-7-13-12(10-31)19(30-33-13)21(32)28-8-6-11-4-2-1-3-5-11/h1-5H,6-10H2,(H,28,32)(H,29,34). The number of hydrogen-bond acceptors (Lipinski definition) is 4. The van der Waals surface area contributed by atoms with Crippen LogP contribution in [0.1, 0.15) is 27.4 Å². The highest BCUT2D eigenvalue weighted by Crippen LogP contribution is 2.28. The Balaban J connectivity index is 1.44. The SMILES string of the molecule is O=C(NCCc1ccccc1)c1noc2c1CN(C(=S)Nc1c(F)c(F)c(F)c(F)c1F)CC2. The van der Waals surface area contributed by atoms with E-state index in [4.69, 9.17) is 16.7 Å². The Morgan fingerprint density at radius 3 is 2.35 bits per heavy atom. The molecule has 1 aliphatic rings. The topological polar surface area (TPSA) is 70.4 Å². The summed E-state index contributed by atoms with van der Waals surface area (Å²) in [5, 5.41) is 8.38. The fourth-order valence-electron chi connectivity index (χ4n) is 3.51. The van der Waals surface area contributed by atoms with Crippen molar-refractivity contribution >= 4 is 28.9 Å². The Labute approximate surface area is 195 Å². The van der Waals surface area contributed by atoms with Crippen molar-refractivity contribution in [2.75, 3.05) is 18.4 Å². The minimum absolute atomic E-state index is 0.0124. The number of nitrogens with one attached hydrogen (secondary N) is 2.